The normalized spacial score (nSPS) is 20.3. The first-order valence-corrected chi connectivity index (χ1v) is 17.1. The number of rotatable bonds is 17. The second-order valence-electron chi connectivity index (χ2n) is 12.4. The zero-order valence-corrected chi connectivity index (χ0v) is 28.8. The SMILES string of the molecule is COc1cc(CC2OC(COCc3ccccc3)C(OCc3ccccc3)C(OCc3ccccc3)C2OCc2ccccc2)cc(OC)c1. The van der Waals surface area contributed by atoms with Crippen LogP contribution in [0.5, 0.6) is 11.5 Å². The van der Waals surface area contributed by atoms with Gasteiger partial charge in [0.2, 0.25) is 0 Å². The Bertz CT molecular complexity index is 1660. The summed E-state index contributed by atoms with van der Waals surface area (Å²) in [4.78, 5) is 0. The van der Waals surface area contributed by atoms with E-state index in [1.54, 1.807) is 14.2 Å². The monoisotopic (exact) mass is 674 g/mol. The van der Waals surface area contributed by atoms with Crippen LogP contribution < -0.4 is 9.47 Å². The van der Waals surface area contributed by atoms with Gasteiger partial charge < -0.3 is 33.2 Å². The largest absolute Gasteiger partial charge is 0.497 e. The first-order chi connectivity index (χ1) is 24.7. The third-order valence-corrected chi connectivity index (χ3v) is 8.83. The van der Waals surface area contributed by atoms with Crippen molar-refractivity contribution >= 4 is 0 Å². The molecule has 0 aromatic heterocycles. The fraction of sp³-hybridized carbons (Fsp3) is 0.302. The van der Waals surface area contributed by atoms with E-state index in [1.807, 2.05) is 91.0 Å². The Labute approximate surface area is 295 Å². The van der Waals surface area contributed by atoms with Gasteiger partial charge in [0.25, 0.3) is 0 Å². The molecule has 7 nitrogen and oxygen atoms in total. The van der Waals surface area contributed by atoms with Gasteiger partial charge in [-0.05, 0) is 39.9 Å². The van der Waals surface area contributed by atoms with Crippen LogP contribution in [0.4, 0.5) is 0 Å². The molecule has 1 fully saturated rings. The maximum atomic E-state index is 7.02. The number of benzene rings is 5. The van der Waals surface area contributed by atoms with Gasteiger partial charge in [0, 0.05) is 12.5 Å². The van der Waals surface area contributed by atoms with Crippen LogP contribution in [0.3, 0.4) is 0 Å². The summed E-state index contributed by atoms with van der Waals surface area (Å²) in [5, 5.41) is 0. The van der Waals surface area contributed by atoms with Gasteiger partial charge in [0.05, 0.1) is 53.4 Å². The van der Waals surface area contributed by atoms with E-state index in [-0.39, 0.29) is 0 Å². The van der Waals surface area contributed by atoms with Crippen LogP contribution in [-0.2, 0) is 56.5 Å². The Hall–Kier alpha value is -4.50. The van der Waals surface area contributed by atoms with Gasteiger partial charge in [-0.15, -0.1) is 0 Å². The van der Waals surface area contributed by atoms with Crippen molar-refractivity contribution in [2.45, 2.75) is 63.4 Å². The zero-order chi connectivity index (χ0) is 34.4. The van der Waals surface area contributed by atoms with E-state index in [0.717, 1.165) is 27.8 Å². The van der Waals surface area contributed by atoms with E-state index in [1.165, 1.54) is 0 Å². The summed E-state index contributed by atoms with van der Waals surface area (Å²) in [6.07, 6.45) is -1.79. The van der Waals surface area contributed by atoms with Crippen molar-refractivity contribution in [3.63, 3.8) is 0 Å². The van der Waals surface area contributed by atoms with E-state index in [4.69, 9.17) is 33.2 Å². The summed E-state index contributed by atoms with van der Waals surface area (Å²) in [7, 11) is 3.31. The molecule has 5 atom stereocenters. The molecule has 0 aliphatic carbocycles. The van der Waals surface area contributed by atoms with Gasteiger partial charge in [-0.3, -0.25) is 0 Å². The van der Waals surface area contributed by atoms with Gasteiger partial charge in [-0.2, -0.15) is 0 Å². The molecule has 5 aromatic carbocycles. The molecule has 0 radical (unpaired) electrons. The highest BCUT2D eigenvalue weighted by molar-refractivity contribution is 5.39. The van der Waals surface area contributed by atoms with Crippen molar-refractivity contribution in [2.75, 3.05) is 20.8 Å². The quantitative estimate of drug-likeness (QED) is 0.0991. The van der Waals surface area contributed by atoms with Gasteiger partial charge in [-0.25, -0.2) is 0 Å². The number of hydrogen-bond acceptors (Lipinski definition) is 7. The third kappa shape index (κ3) is 10.0. The first kappa shape index (κ1) is 35.3. The summed E-state index contributed by atoms with van der Waals surface area (Å²) < 4.78 is 45.1. The fourth-order valence-corrected chi connectivity index (χ4v) is 6.27. The highest BCUT2D eigenvalue weighted by atomic mass is 16.6. The van der Waals surface area contributed by atoms with Crippen LogP contribution in [-0.4, -0.2) is 51.3 Å². The molecule has 5 unspecified atom stereocenters. The molecule has 0 bridgehead atoms. The lowest BCUT2D eigenvalue weighted by Crippen LogP contribution is -2.61. The molecule has 1 saturated heterocycles. The zero-order valence-electron chi connectivity index (χ0n) is 28.8. The molecule has 0 saturated carbocycles. The van der Waals surface area contributed by atoms with Crippen LogP contribution in [0.25, 0.3) is 0 Å². The van der Waals surface area contributed by atoms with Crippen molar-refractivity contribution in [1.82, 2.24) is 0 Å². The molecule has 0 spiro atoms. The standard InChI is InChI=1S/C43H46O7/c1-44-37-23-36(24-38(26-37)45-2)25-39-41(47-28-33-17-9-4-10-18-33)43(49-30-35-21-13-6-14-22-35)42(48-29-34-19-11-5-12-20-34)40(50-39)31-46-27-32-15-7-3-8-16-32/h3-24,26,39-43H,25,27-31H2,1-2H3. The highest BCUT2D eigenvalue weighted by Gasteiger charge is 2.48. The average Bonchev–Trinajstić information content (AvgIpc) is 3.17. The maximum absolute atomic E-state index is 7.02. The molecule has 50 heavy (non-hydrogen) atoms. The predicted octanol–water partition coefficient (Wildman–Crippen LogP) is 7.99. The fourth-order valence-electron chi connectivity index (χ4n) is 6.27. The lowest BCUT2D eigenvalue weighted by atomic mass is 9.90. The molecule has 1 aliphatic rings. The van der Waals surface area contributed by atoms with Crippen molar-refractivity contribution in [3.8, 4) is 11.5 Å². The molecule has 7 heteroatoms. The van der Waals surface area contributed by atoms with Gasteiger partial charge in [0.15, 0.2) is 0 Å². The Kier molecular flexibility index (Phi) is 13.1. The summed E-state index contributed by atoms with van der Waals surface area (Å²) in [5.74, 6) is 1.42. The molecule has 5 aromatic rings. The second kappa shape index (κ2) is 18.5. The van der Waals surface area contributed by atoms with E-state index < -0.39 is 30.5 Å². The Morgan fingerprint density at radius 3 is 1.28 bits per heavy atom. The van der Waals surface area contributed by atoms with E-state index in [9.17, 15) is 0 Å². The lowest BCUT2D eigenvalue weighted by molar-refractivity contribution is -0.272. The number of methoxy groups -OCH3 is 2. The van der Waals surface area contributed by atoms with Crippen LogP contribution >= 0.6 is 0 Å². The highest BCUT2D eigenvalue weighted by Crippen LogP contribution is 2.34. The van der Waals surface area contributed by atoms with Crippen LogP contribution in [0.15, 0.2) is 140 Å². The smallest absolute Gasteiger partial charge is 0.122 e. The van der Waals surface area contributed by atoms with Crippen LogP contribution in [0.2, 0.25) is 0 Å². The number of hydrogen-bond donors (Lipinski definition) is 0. The summed E-state index contributed by atoms with van der Waals surface area (Å²) in [5.41, 5.74) is 5.27. The van der Waals surface area contributed by atoms with Crippen molar-refractivity contribution in [3.05, 3.63) is 167 Å². The first-order valence-electron chi connectivity index (χ1n) is 17.1. The molecule has 1 aliphatic heterocycles. The molecule has 6 rings (SSSR count). The third-order valence-electron chi connectivity index (χ3n) is 8.83. The topological polar surface area (TPSA) is 64.6 Å². The summed E-state index contributed by atoms with van der Waals surface area (Å²) in [6.45, 7) is 1.92. The molecule has 0 N–H and O–H groups in total. The second-order valence-corrected chi connectivity index (χ2v) is 12.4. The van der Waals surface area contributed by atoms with Crippen LogP contribution in [0.1, 0.15) is 27.8 Å². The minimum Gasteiger partial charge on any atom is -0.497 e. The van der Waals surface area contributed by atoms with Crippen molar-refractivity contribution in [2.24, 2.45) is 0 Å². The molecule has 0 amide bonds. The molecular weight excluding hydrogens is 628 g/mol. The summed E-state index contributed by atoms with van der Waals surface area (Å²) in [6, 6.07) is 46.6. The Balaban J connectivity index is 1.35. The van der Waals surface area contributed by atoms with Crippen LogP contribution in [0, 0.1) is 0 Å². The molecule has 260 valence electrons. The maximum Gasteiger partial charge on any atom is 0.122 e. The summed E-state index contributed by atoms with van der Waals surface area (Å²) >= 11 is 0. The van der Waals surface area contributed by atoms with E-state index in [2.05, 4.69) is 48.5 Å². The molecular formula is C43H46O7. The van der Waals surface area contributed by atoms with E-state index >= 15 is 0 Å². The Morgan fingerprint density at radius 1 is 0.440 bits per heavy atom. The predicted molar refractivity (Wildman–Crippen MR) is 193 cm³/mol. The van der Waals surface area contributed by atoms with Gasteiger partial charge >= 0.3 is 0 Å². The minimum absolute atomic E-state index is 0.308. The average molecular weight is 675 g/mol. The van der Waals surface area contributed by atoms with Crippen molar-refractivity contribution < 1.29 is 33.2 Å². The van der Waals surface area contributed by atoms with Gasteiger partial charge in [-0.1, -0.05) is 121 Å². The minimum atomic E-state index is -0.494. The van der Waals surface area contributed by atoms with Gasteiger partial charge in [0.1, 0.15) is 35.9 Å². The Morgan fingerprint density at radius 2 is 0.840 bits per heavy atom. The lowest BCUT2D eigenvalue weighted by Gasteiger charge is -2.46. The molecule has 1 heterocycles. The van der Waals surface area contributed by atoms with E-state index in [0.29, 0.717) is 51.0 Å². The number of ether oxygens (including phenoxy) is 7. The van der Waals surface area contributed by atoms with Crippen molar-refractivity contribution in [1.29, 1.82) is 0 Å².